The predicted octanol–water partition coefficient (Wildman–Crippen LogP) is 2.12. The molecule has 0 aromatic rings. The van der Waals surface area contributed by atoms with Crippen molar-refractivity contribution >= 4 is 5.91 Å². The highest BCUT2D eigenvalue weighted by Gasteiger charge is 2.43. The van der Waals surface area contributed by atoms with Gasteiger partial charge in [-0.15, -0.1) is 0 Å². The molecule has 4 atom stereocenters. The lowest BCUT2D eigenvalue weighted by atomic mass is 9.80. The molecule has 0 aliphatic carbocycles. The lowest BCUT2D eigenvalue weighted by Gasteiger charge is -2.30. The molecule has 2 aliphatic heterocycles. The van der Waals surface area contributed by atoms with E-state index in [4.69, 9.17) is 0 Å². The van der Waals surface area contributed by atoms with E-state index in [2.05, 4.69) is 44.8 Å². The van der Waals surface area contributed by atoms with E-state index in [1.807, 2.05) is 0 Å². The van der Waals surface area contributed by atoms with Gasteiger partial charge in [0.1, 0.15) is 0 Å². The first kappa shape index (κ1) is 13.9. The van der Waals surface area contributed by atoms with Crippen LogP contribution in [0.25, 0.3) is 0 Å². The Hall–Kier alpha value is -0.570. The third-order valence-corrected chi connectivity index (χ3v) is 5.21. The maximum absolute atomic E-state index is 12.4. The van der Waals surface area contributed by atoms with Gasteiger partial charge in [-0.1, -0.05) is 27.7 Å². The second-order valence-corrected chi connectivity index (χ2v) is 7.34. The topological polar surface area (TPSA) is 32.3 Å². The van der Waals surface area contributed by atoms with Crippen LogP contribution in [0.2, 0.25) is 0 Å². The molecular weight excluding hydrogens is 224 g/mol. The van der Waals surface area contributed by atoms with Gasteiger partial charge in [0.05, 0.1) is 0 Å². The molecular formula is C15H28N2O. The molecule has 2 heterocycles. The van der Waals surface area contributed by atoms with Crippen LogP contribution >= 0.6 is 0 Å². The molecule has 1 amide bonds. The first-order valence-electron chi connectivity index (χ1n) is 7.31. The zero-order valence-corrected chi connectivity index (χ0v) is 12.5. The monoisotopic (exact) mass is 252 g/mol. The summed E-state index contributed by atoms with van der Waals surface area (Å²) in [6, 6.07) is 0.421. The van der Waals surface area contributed by atoms with E-state index in [0.717, 1.165) is 19.6 Å². The SMILES string of the molecule is CC1C2CNCC2CN1C(=O)CC(C)C(C)(C)C. The summed E-state index contributed by atoms with van der Waals surface area (Å²) in [5.74, 6) is 2.17. The lowest BCUT2D eigenvalue weighted by Crippen LogP contribution is -2.39. The molecule has 0 spiro atoms. The quantitative estimate of drug-likeness (QED) is 0.816. The second-order valence-electron chi connectivity index (χ2n) is 7.34. The number of fused-ring (bicyclic) bond motifs is 1. The highest BCUT2D eigenvalue weighted by atomic mass is 16.2. The lowest BCUT2D eigenvalue weighted by molar-refractivity contribution is -0.133. The number of carbonyl (C=O) groups excluding carboxylic acids is 1. The van der Waals surface area contributed by atoms with Crippen molar-refractivity contribution in [2.45, 2.75) is 47.1 Å². The zero-order valence-electron chi connectivity index (χ0n) is 12.5. The Morgan fingerprint density at radius 1 is 1.39 bits per heavy atom. The van der Waals surface area contributed by atoms with Crippen LogP contribution < -0.4 is 5.32 Å². The van der Waals surface area contributed by atoms with Crippen molar-refractivity contribution in [3.8, 4) is 0 Å². The van der Waals surface area contributed by atoms with Crippen molar-refractivity contribution in [3.05, 3.63) is 0 Å². The van der Waals surface area contributed by atoms with Gasteiger partial charge in [-0.05, 0) is 30.1 Å². The third-order valence-electron chi connectivity index (χ3n) is 5.21. The normalized spacial score (nSPS) is 33.6. The number of rotatable bonds is 2. The van der Waals surface area contributed by atoms with Crippen LogP contribution in [0.4, 0.5) is 0 Å². The molecule has 2 saturated heterocycles. The van der Waals surface area contributed by atoms with E-state index >= 15 is 0 Å². The zero-order chi connectivity index (χ0) is 13.5. The molecule has 2 aliphatic rings. The molecule has 0 saturated carbocycles. The largest absolute Gasteiger partial charge is 0.339 e. The summed E-state index contributed by atoms with van der Waals surface area (Å²) in [5, 5.41) is 3.44. The predicted molar refractivity (Wildman–Crippen MR) is 74.3 cm³/mol. The Balaban J connectivity index is 1.94. The van der Waals surface area contributed by atoms with Crippen molar-refractivity contribution < 1.29 is 4.79 Å². The van der Waals surface area contributed by atoms with Gasteiger partial charge in [0, 0.05) is 32.1 Å². The van der Waals surface area contributed by atoms with Crippen LogP contribution in [-0.4, -0.2) is 36.5 Å². The molecule has 2 fully saturated rings. The summed E-state index contributed by atoms with van der Waals surface area (Å²) < 4.78 is 0. The van der Waals surface area contributed by atoms with Gasteiger partial charge in [0.25, 0.3) is 0 Å². The number of nitrogens with one attached hydrogen (secondary N) is 1. The van der Waals surface area contributed by atoms with Crippen LogP contribution in [0.3, 0.4) is 0 Å². The minimum absolute atomic E-state index is 0.218. The van der Waals surface area contributed by atoms with Gasteiger partial charge < -0.3 is 10.2 Å². The summed E-state index contributed by atoms with van der Waals surface area (Å²) in [5.41, 5.74) is 0.218. The number of likely N-dealkylation sites (tertiary alicyclic amines) is 1. The molecule has 0 bridgehead atoms. The van der Waals surface area contributed by atoms with E-state index in [-0.39, 0.29) is 5.41 Å². The fraction of sp³-hybridized carbons (Fsp3) is 0.933. The molecule has 4 unspecified atom stereocenters. The number of hydrogen-bond acceptors (Lipinski definition) is 2. The average Bonchev–Trinajstić information content (AvgIpc) is 2.80. The summed E-state index contributed by atoms with van der Waals surface area (Å²) >= 11 is 0. The number of hydrogen-bond donors (Lipinski definition) is 1. The standard InChI is InChI=1S/C15H28N2O/c1-10(15(3,4)5)6-14(18)17-9-12-7-16-8-13(12)11(17)2/h10-13,16H,6-9H2,1-5H3. The molecule has 0 aromatic heterocycles. The van der Waals surface area contributed by atoms with E-state index in [0.29, 0.717) is 36.1 Å². The fourth-order valence-electron chi connectivity index (χ4n) is 3.18. The Kier molecular flexibility index (Phi) is 3.72. The number of amides is 1. The van der Waals surface area contributed by atoms with Crippen LogP contribution in [0.1, 0.15) is 41.0 Å². The molecule has 3 heteroatoms. The number of carbonyl (C=O) groups is 1. The minimum Gasteiger partial charge on any atom is -0.339 e. The van der Waals surface area contributed by atoms with E-state index in [1.54, 1.807) is 0 Å². The second kappa shape index (κ2) is 4.84. The van der Waals surface area contributed by atoms with Gasteiger partial charge in [-0.3, -0.25) is 4.79 Å². The average molecular weight is 252 g/mol. The van der Waals surface area contributed by atoms with Gasteiger partial charge >= 0.3 is 0 Å². The molecule has 3 nitrogen and oxygen atoms in total. The smallest absolute Gasteiger partial charge is 0.223 e. The van der Waals surface area contributed by atoms with Crippen molar-refractivity contribution in [2.24, 2.45) is 23.2 Å². The first-order valence-corrected chi connectivity index (χ1v) is 7.31. The van der Waals surface area contributed by atoms with Gasteiger partial charge in [0.2, 0.25) is 5.91 Å². The fourth-order valence-corrected chi connectivity index (χ4v) is 3.18. The van der Waals surface area contributed by atoms with Crippen LogP contribution in [0.5, 0.6) is 0 Å². The highest BCUT2D eigenvalue weighted by Crippen LogP contribution is 2.34. The summed E-state index contributed by atoms with van der Waals surface area (Å²) in [4.78, 5) is 14.6. The van der Waals surface area contributed by atoms with Gasteiger partial charge in [0.15, 0.2) is 0 Å². The molecule has 0 aromatic carbocycles. The van der Waals surface area contributed by atoms with E-state index < -0.39 is 0 Å². The van der Waals surface area contributed by atoms with Crippen molar-refractivity contribution in [2.75, 3.05) is 19.6 Å². The molecule has 18 heavy (non-hydrogen) atoms. The van der Waals surface area contributed by atoms with Crippen molar-refractivity contribution in [3.63, 3.8) is 0 Å². The van der Waals surface area contributed by atoms with Crippen LogP contribution in [0, 0.1) is 23.2 Å². The van der Waals surface area contributed by atoms with E-state index in [1.165, 1.54) is 0 Å². The molecule has 104 valence electrons. The molecule has 0 radical (unpaired) electrons. The van der Waals surface area contributed by atoms with Crippen LogP contribution in [-0.2, 0) is 4.79 Å². The van der Waals surface area contributed by atoms with E-state index in [9.17, 15) is 4.79 Å². The Morgan fingerprint density at radius 2 is 2.06 bits per heavy atom. The molecule has 1 N–H and O–H groups in total. The third kappa shape index (κ3) is 2.56. The Labute approximate surface area is 111 Å². The summed E-state index contributed by atoms with van der Waals surface area (Å²) in [7, 11) is 0. The maximum Gasteiger partial charge on any atom is 0.223 e. The van der Waals surface area contributed by atoms with Gasteiger partial charge in [-0.2, -0.15) is 0 Å². The number of nitrogens with zero attached hydrogens (tertiary/aromatic N) is 1. The van der Waals surface area contributed by atoms with Crippen molar-refractivity contribution in [1.29, 1.82) is 0 Å². The maximum atomic E-state index is 12.4. The minimum atomic E-state index is 0.218. The highest BCUT2D eigenvalue weighted by molar-refractivity contribution is 5.77. The Bertz CT molecular complexity index is 321. The molecule has 2 rings (SSSR count). The van der Waals surface area contributed by atoms with Crippen LogP contribution in [0.15, 0.2) is 0 Å². The summed E-state index contributed by atoms with van der Waals surface area (Å²) in [6.07, 6.45) is 0.695. The van der Waals surface area contributed by atoms with Crippen molar-refractivity contribution in [1.82, 2.24) is 10.2 Å². The van der Waals surface area contributed by atoms with Gasteiger partial charge in [-0.25, -0.2) is 0 Å². The Morgan fingerprint density at radius 3 is 2.61 bits per heavy atom. The first-order chi connectivity index (χ1) is 8.30. The summed E-state index contributed by atoms with van der Waals surface area (Å²) in [6.45, 7) is 14.2.